The lowest BCUT2D eigenvalue weighted by molar-refractivity contribution is -0.120. The molecule has 1 atom stereocenters. The number of carbonyl (C=O) groups is 1. The molecule has 2 N–H and O–H groups in total. The van der Waals surface area contributed by atoms with E-state index in [9.17, 15) is 4.79 Å². The van der Waals surface area contributed by atoms with Crippen molar-refractivity contribution in [3.63, 3.8) is 0 Å². The standard InChI is InChI=1S/C13H22N4OS/c1-8(2)11-15-13(17-16-11)19-9(3)12(18)14-10-6-4-5-7-10/h8-10H,4-7H2,1-3H3,(H,14,18)(H,15,16,17). The molecule has 1 amide bonds. The zero-order valence-corrected chi connectivity index (χ0v) is 12.6. The SMILES string of the molecule is CC(Sc1n[nH]c(C(C)C)n1)C(=O)NC1CCCC1. The minimum Gasteiger partial charge on any atom is -0.352 e. The van der Waals surface area contributed by atoms with Crippen LogP contribution in [0.2, 0.25) is 0 Å². The van der Waals surface area contributed by atoms with Gasteiger partial charge in [0.2, 0.25) is 11.1 Å². The Balaban J connectivity index is 1.84. The monoisotopic (exact) mass is 282 g/mol. The maximum Gasteiger partial charge on any atom is 0.233 e. The van der Waals surface area contributed by atoms with E-state index in [1.165, 1.54) is 24.6 Å². The van der Waals surface area contributed by atoms with Crippen molar-refractivity contribution in [1.82, 2.24) is 20.5 Å². The van der Waals surface area contributed by atoms with E-state index in [0.717, 1.165) is 18.7 Å². The van der Waals surface area contributed by atoms with Crippen LogP contribution >= 0.6 is 11.8 Å². The molecular formula is C13H22N4OS. The summed E-state index contributed by atoms with van der Waals surface area (Å²) in [6.45, 7) is 6.02. The van der Waals surface area contributed by atoms with Crippen molar-refractivity contribution in [2.75, 3.05) is 0 Å². The number of carbonyl (C=O) groups excluding carboxylic acids is 1. The molecule has 1 heterocycles. The minimum absolute atomic E-state index is 0.0906. The third kappa shape index (κ3) is 3.96. The molecule has 1 aliphatic rings. The van der Waals surface area contributed by atoms with E-state index >= 15 is 0 Å². The van der Waals surface area contributed by atoms with E-state index in [0.29, 0.717) is 17.1 Å². The van der Waals surface area contributed by atoms with Gasteiger partial charge >= 0.3 is 0 Å². The Morgan fingerprint density at radius 2 is 2.05 bits per heavy atom. The maximum atomic E-state index is 12.0. The van der Waals surface area contributed by atoms with Crippen LogP contribution < -0.4 is 5.32 Å². The summed E-state index contributed by atoms with van der Waals surface area (Å²) in [5.74, 6) is 1.28. The molecular weight excluding hydrogens is 260 g/mol. The second-order valence-corrected chi connectivity index (χ2v) is 6.72. The highest BCUT2D eigenvalue weighted by Crippen LogP contribution is 2.22. The molecule has 1 aromatic heterocycles. The van der Waals surface area contributed by atoms with Crippen molar-refractivity contribution in [2.24, 2.45) is 0 Å². The Morgan fingerprint density at radius 1 is 1.37 bits per heavy atom. The van der Waals surface area contributed by atoms with E-state index in [4.69, 9.17) is 0 Å². The Kier molecular flexibility index (Phi) is 4.85. The fraction of sp³-hybridized carbons (Fsp3) is 0.769. The fourth-order valence-electron chi connectivity index (χ4n) is 2.17. The third-order valence-corrected chi connectivity index (χ3v) is 4.34. The number of aromatic amines is 1. The van der Waals surface area contributed by atoms with Crippen LogP contribution in [0.1, 0.15) is 58.2 Å². The molecule has 0 aromatic carbocycles. The lowest BCUT2D eigenvalue weighted by Crippen LogP contribution is -2.37. The highest BCUT2D eigenvalue weighted by molar-refractivity contribution is 8.00. The fourth-order valence-corrected chi connectivity index (χ4v) is 2.91. The highest BCUT2D eigenvalue weighted by Gasteiger charge is 2.22. The van der Waals surface area contributed by atoms with Crippen molar-refractivity contribution in [3.05, 3.63) is 5.82 Å². The molecule has 0 bridgehead atoms. The number of hydrogen-bond donors (Lipinski definition) is 2. The summed E-state index contributed by atoms with van der Waals surface area (Å²) >= 11 is 1.41. The van der Waals surface area contributed by atoms with Crippen LogP contribution in [0, 0.1) is 0 Å². The van der Waals surface area contributed by atoms with Crippen LogP contribution in [0.4, 0.5) is 0 Å². The van der Waals surface area contributed by atoms with Gasteiger partial charge in [-0.3, -0.25) is 9.89 Å². The average molecular weight is 282 g/mol. The molecule has 1 unspecified atom stereocenters. The molecule has 106 valence electrons. The molecule has 1 aromatic rings. The molecule has 1 aliphatic carbocycles. The average Bonchev–Trinajstić information content (AvgIpc) is 2.99. The predicted octanol–water partition coefficient (Wildman–Crippen LogP) is 2.47. The van der Waals surface area contributed by atoms with Crippen LogP contribution in [0.5, 0.6) is 0 Å². The summed E-state index contributed by atoms with van der Waals surface area (Å²) in [6, 6.07) is 0.369. The highest BCUT2D eigenvalue weighted by atomic mass is 32.2. The molecule has 19 heavy (non-hydrogen) atoms. The molecule has 5 nitrogen and oxygen atoms in total. The zero-order chi connectivity index (χ0) is 13.8. The van der Waals surface area contributed by atoms with Crippen LogP contribution in [0.25, 0.3) is 0 Å². The van der Waals surface area contributed by atoms with Gasteiger partial charge in [-0.05, 0) is 19.8 Å². The summed E-state index contributed by atoms with van der Waals surface area (Å²) in [6.07, 6.45) is 4.68. The van der Waals surface area contributed by atoms with Crippen LogP contribution in [0.15, 0.2) is 5.16 Å². The van der Waals surface area contributed by atoms with E-state index in [2.05, 4.69) is 34.3 Å². The summed E-state index contributed by atoms with van der Waals surface area (Å²) in [5.41, 5.74) is 0. The quantitative estimate of drug-likeness (QED) is 0.814. The van der Waals surface area contributed by atoms with E-state index in [1.54, 1.807) is 0 Å². The Hall–Kier alpha value is -1.04. The van der Waals surface area contributed by atoms with Crippen molar-refractivity contribution < 1.29 is 4.79 Å². The summed E-state index contributed by atoms with van der Waals surface area (Å²) < 4.78 is 0. The first-order chi connectivity index (χ1) is 9.06. The second-order valence-electron chi connectivity index (χ2n) is 5.41. The smallest absolute Gasteiger partial charge is 0.233 e. The second kappa shape index (κ2) is 6.41. The molecule has 1 saturated carbocycles. The number of aromatic nitrogens is 3. The largest absolute Gasteiger partial charge is 0.352 e. The normalized spacial score (nSPS) is 17.9. The minimum atomic E-state index is -0.156. The zero-order valence-electron chi connectivity index (χ0n) is 11.8. The van der Waals surface area contributed by atoms with Crippen molar-refractivity contribution in [2.45, 2.75) is 68.8 Å². The van der Waals surface area contributed by atoms with Gasteiger partial charge in [-0.1, -0.05) is 38.5 Å². The van der Waals surface area contributed by atoms with Gasteiger partial charge in [0.05, 0.1) is 5.25 Å². The van der Waals surface area contributed by atoms with Gasteiger partial charge in [0.25, 0.3) is 0 Å². The molecule has 6 heteroatoms. The number of hydrogen-bond acceptors (Lipinski definition) is 4. The maximum absolute atomic E-state index is 12.0. The van der Waals surface area contributed by atoms with Gasteiger partial charge in [0.15, 0.2) is 0 Å². The van der Waals surface area contributed by atoms with Gasteiger partial charge < -0.3 is 5.32 Å². The van der Waals surface area contributed by atoms with Gasteiger partial charge in [0, 0.05) is 12.0 Å². The first-order valence-electron chi connectivity index (χ1n) is 6.95. The first-order valence-corrected chi connectivity index (χ1v) is 7.83. The first kappa shape index (κ1) is 14.4. The number of H-pyrrole nitrogens is 1. The summed E-state index contributed by atoms with van der Waals surface area (Å²) in [7, 11) is 0. The Bertz CT molecular complexity index is 426. The molecule has 0 radical (unpaired) electrons. The molecule has 0 spiro atoms. The van der Waals surface area contributed by atoms with Gasteiger partial charge in [-0.2, -0.15) is 0 Å². The number of amides is 1. The predicted molar refractivity (Wildman–Crippen MR) is 76.2 cm³/mol. The topological polar surface area (TPSA) is 70.7 Å². The van der Waals surface area contributed by atoms with Crippen LogP contribution in [-0.2, 0) is 4.79 Å². The van der Waals surface area contributed by atoms with Crippen LogP contribution in [-0.4, -0.2) is 32.4 Å². The number of thioether (sulfide) groups is 1. The number of nitrogens with one attached hydrogen (secondary N) is 2. The van der Waals surface area contributed by atoms with Crippen LogP contribution in [0.3, 0.4) is 0 Å². The van der Waals surface area contributed by atoms with Crippen molar-refractivity contribution in [3.8, 4) is 0 Å². The molecule has 0 saturated heterocycles. The van der Waals surface area contributed by atoms with E-state index in [-0.39, 0.29) is 11.2 Å². The lowest BCUT2D eigenvalue weighted by Gasteiger charge is -2.15. The molecule has 2 rings (SSSR count). The molecule has 0 aliphatic heterocycles. The van der Waals surface area contributed by atoms with E-state index < -0.39 is 0 Å². The third-order valence-electron chi connectivity index (χ3n) is 3.38. The van der Waals surface area contributed by atoms with Gasteiger partial charge in [0.1, 0.15) is 5.82 Å². The number of rotatable bonds is 5. The Labute approximate surface area is 118 Å². The van der Waals surface area contributed by atoms with Crippen molar-refractivity contribution >= 4 is 17.7 Å². The van der Waals surface area contributed by atoms with Gasteiger partial charge in [-0.25, -0.2) is 4.98 Å². The lowest BCUT2D eigenvalue weighted by atomic mass is 10.2. The molecule has 1 fully saturated rings. The van der Waals surface area contributed by atoms with Gasteiger partial charge in [-0.15, -0.1) is 5.10 Å². The van der Waals surface area contributed by atoms with Crippen molar-refractivity contribution in [1.29, 1.82) is 0 Å². The summed E-state index contributed by atoms with van der Waals surface area (Å²) in [4.78, 5) is 16.4. The van der Waals surface area contributed by atoms with E-state index in [1.807, 2.05) is 6.92 Å². The number of nitrogens with zero attached hydrogens (tertiary/aromatic N) is 2. The summed E-state index contributed by atoms with van der Waals surface area (Å²) in [5, 5.41) is 10.6. The Morgan fingerprint density at radius 3 is 2.63 bits per heavy atom.